The van der Waals surface area contributed by atoms with Crippen LogP contribution in [0, 0.1) is 18.3 Å². The van der Waals surface area contributed by atoms with Gasteiger partial charge in [0.1, 0.15) is 12.2 Å². The Morgan fingerprint density at radius 2 is 2.09 bits per heavy atom. The van der Waals surface area contributed by atoms with Crippen LogP contribution in [0.3, 0.4) is 0 Å². The van der Waals surface area contributed by atoms with Crippen LogP contribution in [0.15, 0.2) is 24.4 Å². The van der Waals surface area contributed by atoms with Crippen molar-refractivity contribution in [1.29, 1.82) is 5.26 Å². The fourth-order valence-corrected chi connectivity index (χ4v) is 3.93. The highest BCUT2D eigenvalue weighted by Crippen LogP contribution is 2.34. The number of carbonyl (C=O) groups is 1. The van der Waals surface area contributed by atoms with Gasteiger partial charge in [0.15, 0.2) is 11.5 Å². The Hall–Kier alpha value is -3.93. The van der Waals surface area contributed by atoms with E-state index in [9.17, 15) is 10.1 Å². The summed E-state index contributed by atoms with van der Waals surface area (Å²) >= 11 is 0. The molecule has 0 spiro atoms. The second-order valence-corrected chi connectivity index (χ2v) is 8.28. The molecule has 2 aromatic heterocycles. The number of hydrogen-bond acceptors (Lipinski definition) is 7. The third-order valence-corrected chi connectivity index (χ3v) is 5.53. The number of nitriles is 1. The third-order valence-electron chi connectivity index (χ3n) is 5.53. The summed E-state index contributed by atoms with van der Waals surface area (Å²) in [5, 5.41) is 14.3. The number of carbonyl (C=O) groups excluding carboxylic acids is 1. The van der Waals surface area contributed by atoms with Crippen molar-refractivity contribution in [2.24, 2.45) is 0 Å². The Labute approximate surface area is 186 Å². The summed E-state index contributed by atoms with van der Waals surface area (Å²) in [7, 11) is 1.73. The van der Waals surface area contributed by atoms with Gasteiger partial charge in [0, 0.05) is 24.2 Å². The minimum Gasteiger partial charge on any atom is -0.467 e. The lowest BCUT2D eigenvalue weighted by molar-refractivity contribution is 0.0775. The molecule has 3 aromatic rings. The normalized spacial score (nSPS) is 15.8. The highest BCUT2D eigenvalue weighted by molar-refractivity contribution is 5.96. The molecule has 0 aliphatic carbocycles. The second kappa shape index (κ2) is 7.96. The van der Waals surface area contributed by atoms with Gasteiger partial charge in [-0.3, -0.25) is 9.48 Å². The van der Waals surface area contributed by atoms with E-state index in [-0.39, 0.29) is 35.9 Å². The molecule has 9 heteroatoms. The lowest BCUT2D eigenvalue weighted by Crippen LogP contribution is -2.29. The average Bonchev–Trinajstić information content (AvgIpc) is 3.12. The van der Waals surface area contributed by atoms with Crippen molar-refractivity contribution < 1.29 is 9.53 Å². The maximum Gasteiger partial charge on any atom is 0.258 e. The molecular formula is C23H25N7O2. The van der Waals surface area contributed by atoms with Gasteiger partial charge < -0.3 is 15.4 Å². The Morgan fingerprint density at radius 3 is 2.78 bits per heavy atom. The SMILES string of the molecule is Cc1ccc2c(c1)[C@@H](C)Oc1nc(cnc1N)-c1c(C#N)nn(C(C)C)c1CN(C)C2=O. The van der Waals surface area contributed by atoms with Gasteiger partial charge in [-0.05, 0) is 33.8 Å². The number of benzene rings is 1. The van der Waals surface area contributed by atoms with Crippen molar-refractivity contribution in [2.75, 3.05) is 12.8 Å². The van der Waals surface area contributed by atoms with Crippen LogP contribution in [0.1, 0.15) is 65.8 Å². The smallest absolute Gasteiger partial charge is 0.258 e. The van der Waals surface area contributed by atoms with E-state index in [1.807, 2.05) is 45.9 Å². The zero-order valence-corrected chi connectivity index (χ0v) is 18.7. The number of nitrogens with zero attached hydrogens (tertiary/aromatic N) is 6. The molecule has 1 aliphatic heterocycles. The molecular weight excluding hydrogens is 406 g/mol. The summed E-state index contributed by atoms with van der Waals surface area (Å²) in [6.07, 6.45) is 1.01. The number of aryl methyl sites for hydroxylation is 1. The average molecular weight is 432 g/mol. The first-order chi connectivity index (χ1) is 15.2. The predicted octanol–water partition coefficient (Wildman–Crippen LogP) is 3.41. The molecule has 2 bridgehead atoms. The van der Waals surface area contributed by atoms with Gasteiger partial charge in [0.2, 0.25) is 0 Å². The highest BCUT2D eigenvalue weighted by Gasteiger charge is 2.28. The monoisotopic (exact) mass is 431 g/mol. The van der Waals surface area contributed by atoms with E-state index >= 15 is 0 Å². The van der Waals surface area contributed by atoms with Crippen LogP contribution in [-0.2, 0) is 6.54 Å². The van der Waals surface area contributed by atoms with Gasteiger partial charge in [0.25, 0.3) is 11.8 Å². The molecule has 2 N–H and O–H groups in total. The maximum atomic E-state index is 13.5. The quantitative estimate of drug-likeness (QED) is 0.626. The minimum absolute atomic E-state index is 0.0327. The van der Waals surface area contributed by atoms with E-state index in [4.69, 9.17) is 10.5 Å². The van der Waals surface area contributed by atoms with Crippen LogP contribution in [0.4, 0.5) is 5.82 Å². The molecule has 0 saturated carbocycles. The van der Waals surface area contributed by atoms with E-state index in [0.29, 0.717) is 22.5 Å². The van der Waals surface area contributed by atoms with Gasteiger partial charge >= 0.3 is 0 Å². The minimum atomic E-state index is -0.498. The molecule has 9 nitrogen and oxygen atoms in total. The number of fused-ring (bicyclic) bond motifs is 5. The number of rotatable bonds is 1. The number of nitrogen functional groups attached to an aromatic ring is 1. The van der Waals surface area contributed by atoms with E-state index in [0.717, 1.165) is 11.1 Å². The number of aromatic nitrogens is 4. The molecule has 164 valence electrons. The van der Waals surface area contributed by atoms with E-state index in [1.165, 1.54) is 6.20 Å². The molecule has 0 saturated heterocycles. The summed E-state index contributed by atoms with van der Waals surface area (Å²) in [5.41, 5.74) is 10.2. The van der Waals surface area contributed by atoms with Crippen molar-refractivity contribution >= 4 is 11.7 Å². The van der Waals surface area contributed by atoms with Crippen LogP contribution in [0.25, 0.3) is 11.3 Å². The molecule has 4 rings (SSSR count). The summed E-state index contributed by atoms with van der Waals surface area (Å²) in [5.74, 6) is 0.127. The maximum absolute atomic E-state index is 13.5. The molecule has 1 aromatic carbocycles. The number of hydrogen-bond donors (Lipinski definition) is 1. The van der Waals surface area contributed by atoms with E-state index in [1.54, 1.807) is 16.6 Å². The first-order valence-corrected chi connectivity index (χ1v) is 10.4. The van der Waals surface area contributed by atoms with Crippen LogP contribution in [-0.4, -0.2) is 37.6 Å². The van der Waals surface area contributed by atoms with Gasteiger partial charge in [-0.1, -0.05) is 17.7 Å². The van der Waals surface area contributed by atoms with Crippen molar-refractivity contribution in [2.45, 2.75) is 46.4 Å². The molecule has 32 heavy (non-hydrogen) atoms. The summed E-state index contributed by atoms with van der Waals surface area (Å²) in [6, 6.07) is 7.75. The largest absolute Gasteiger partial charge is 0.467 e. The van der Waals surface area contributed by atoms with Gasteiger partial charge in [0.05, 0.1) is 29.7 Å². The summed E-state index contributed by atoms with van der Waals surface area (Å²) in [6.45, 7) is 7.98. The van der Waals surface area contributed by atoms with Crippen molar-refractivity contribution in [3.8, 4) is 23.2 Å². The molecule has 0 unspecified atom stereocenters. The second-order valence-electron chi connectivity index (χ2n) is 8.28. The van der Waals surface area contributed by atoms with Crippen LogP contribution in [0.5, 0.6) is 5.88 Å². The zero-order valence-electron chi connectivity index (χ0n) is 18.7. The molecule has 1 aliphatic rings. The zero-order chi connectivity index (χ0) is 23.2. The van der Waals surface area contributed by atoms with E-state index < -0.39 is 6.10 Å². The number of amides is 1. The van der Waals surface area contributed by atoms with E-state index in [2.05, 4.69) is 21.1 Å². The Kier molecular flexibility index (Phi) is 5.30. The summed E-state index contributed by atoms with van der Waals surface area (Å²) < 4.78 is 7.84. The Balaban J connectivity index is 2.01. The first kappa shape index (κ1) is 21.3. The molecule has 1 atom stereocenters. The fourth-order valence-electron chi connectivity index (χ4n) is 3.93. The Morgan fingerprint density at radius 1 is 1.34 bits per heavy atom. The highest BCUT2D eigenvalue weighted by atomic mass is 16.5. The molecule has 0 fully saturated rings. The van der Waals surface area contributed by atoms with Gasteiger partial charge in [-0.2, -0.15) is 10.4 Å². The lowest BCUT2D eigenvalue weighted by Gasteiger charge is -2.25. The molecule has 0 radical (unpaired) electrons. The van der Waals surface area contributed by atoms with Crippen LogP contribution >= 0.6 is 0 Å². The molecule has 1 amide bonds. The number of ether oxygens (including phenoxy) is 1. The van der Waals surface area contributed by atoms with Crippen molar-refractivity contribution in [3.05, 3.63) is 52.5 Å². The van der Waals surface area contributed by atoms with Crippen molar-refractivity contribution in [1.82, 2.24) is 24.6 Å². The summed E-state index contributed by atoms with van der Waals surface area (Å²) in [4.78, 5) is 24.0. The Bertz CT molecular complexity index is 1260. The standard InChI is InChI=1S/C23H25N7O2/c1-12(2)30-19-11-29(5)23(31)15-7-6-13(3)8-16(15)14(4)32-22-21(25)26-10-18(27-22)20(19)17(9-24)28-30/h6-8,10,12,14H,11H2,1-5H3,(H2,25,26)/t14-/m1/s1. The topological polar surface area (TPSA) is 123 Å². The molecule has 3 heterocycles. The van der Waals surface area contributed by atoms with Crippen LogP contribution in [0.2, 0.25) is 0 Å². The fraction of sp³-hybridized carbons (Fsp3) is 0.348. The third kappa shape index (κ3) is 3.54. The van der Waals surface area contributed by atoms with Crippen LogP contribution < -0.4 is 10.5 Å². The first-order valence-electron chi connectivity index (χ1n) is 10.4. The number of anilines is 1. The van der Waals surface area contributed by atoms with Gasteiger partial charge in [-0.25, -0.2) is 9.97 Å². The van der Waals surface area contributed by atoms with Crippen molar-refractivity contribution in [3.63, 3.8) is 0 Å². The van der Waals surface area contributed by atoms with Gasteiger partial charge in [-0.15, -0.1) is 0 Å². The number of nitrogens with two attached hydrogens (primary N) is 1. The predicted molar refractivity (Wildman–Crippen MR) is 119 cm³/mol. The lowest BCUT2D eigenvalue weighted by atomic mass is 9.99.